The van der Waals surface area contributed by atoms with Crippen LogP contribution in [0.25, 0.3) is 0 Å². The number of carbonyl (C=O) groups excluding carboxylic acids is 2. The van der Waals surface area contributed by atoms with E-state index in [0.29, 0.717) is 29.9 Å². The summed E-state index contributed by atoms with van der Waals surface area (Å²) >= 11 is 0. The van der Waals surface area contributed by atoms with Gasteiger partial charge in [-0.05, 0) is 48.7 Å². The molecule has 1 amide bonds. The van der Waals surface area contributed by atoms with Crippen LogP contribution in [0, 0.1) is 0 Å². The first-order valence-electron chi connectivity index (χ1n) is 10.1. The van der Waals surface area contributed by atoms with Crippen molar-refractivity contribution in [1.82, 2.24) is 4.31 Å². The molecule has 10 heteroatoms. The van der Waals surface area contributed by atoms with E-state index in [0.717, 1.165) is 19.3 Å². The Morgan fingerprint density at radius 3 is 2.50 bits per heavy atom. The largest absolute Gasteiger partial charge is 0.465 e. The average molecular weight is 460 g/mol. The van der Waals surface area contributed by atoms with Gasteiger partial charge in [-0.2, -0.15) is 4.31 Å². The van der Waals surface area contributed by atoms with Crippen molar-refractivity contribution in [2.75, 3.05) is 32.1 Å². The standard InChI is InChI=1S/C22H25N3O6S/c1-30-22(27)18-10-8-17(9-11-18)15-23-31-16-21(26)24-19-6-5-7-20(14-19)32(28,29)25-12-3-2-4-13-25/h5-11,14-15H,2-4,12-13,16H2,1H3,(H,24,26)/b23-15+. The van der Waals surface area contributed by atoms with Crippen molar-refractivity contribution in [2.45, 2.75) is 24.2 Å². The zero-order chi connectivity index (χ0) is 23.0. The highest BCUT2D eigenvalue weighted by Gasteiger charge is 2.26. The molecule has 1 aliphatic rings. The number of rotatable bonds is 8. The lowest BCUT2D eigenvalue weighted by Crippen LogP contribution is -2.35. The van der Waals surface area contributed by atoms with Crippen molar-refractivity contribution < 1.29 is 27.6 Å². The number of oxime groups is 1. The Labute approximate surface area is 187 Å². The lowest BCUT2D eigenvalue weighted by atomic mass is 10.1. The van der Waals surface area contributed by atoms with E-state index >= 15 is 0 Å². The number of hydrogen-bond donors (Lipinski definition) is 1. The van der Waals surface area contributed by atoms with Gasteiger partial charge in [-0.3, -0.25) is 4.79 Å². The molecule has 2 aromatic rings. The van der Waals surface area contributed by atoms with Crippen LogP contribution in [0.1, 0.15) is 35.2 Å². The third-order valence-corrected chi connectivity index (χ3v) is 6.77. The minimum Gasteiger partial charge on any atom is -0.465 e. The molecule has 170 valence electrons. The molecule has 0 aliphatic carbocycles. The number of amides is 1. The second-order valence-electron chi connectivity index (χ2n) is 7.16. The molecule has 0 spiro atoms. The predicted molar refractivity (Wildman–Crippen MR) is 119 cm³/mol. The molecule has 0 bridgehead atoms. The van der Waals surface area contributed by atoms with Gasteiger partial charge in [0.15, 0.2) is 6.61 Å². The zero-order valence-corrected chi connectivity index (χ0v) is 18.5. The molecule has 2 aromatic carbocycles. The SMILES string of the molecule is COC(=O)c1ccc(/C=N/OCC(=O)Nc2cccc(S(=O)(=O)N3CCCCC3)c2)cc1. The third kappa shape index (κ3) is 6.14. The highest BCUT2D eigenvalue weighted by molar-refractivity contribution is 7.89. The molecule has 32 heavy (non-hydrogen) atoms. The number of esters is 1. The molecule has 0 atom stereocenters. The molecular weight excluding hydrogens is 434 g/mol. The smallest absolute Gasteiger partial charge is 0.337 e. The first-order chi connectivity index (χ1) is 15.4. The maximum Gasteiger partial charge on any atom is 0.337 e. The Morgan fingerprint density at radius 2 is 1.81 bits per heavy atom. The Bertz CT molecular complexity index is 1080. The number of anilines is 1. The lowest BCUT2D eigenvalue weighted by molar-refractivity contribution is -0.120. The molecule has 1 aliphatic heterocycles. The van der Waals surface area contributed by atoms with E-state index in [2.05, 4.69) is 15.2 Å². The van der Waals surface area contributed by atoms with Gasteiger partial charge in [-0.25, -0.2) is 13.2 Å². The van der Waals surface area contributed by atoms with Gasteiger partial charge < -0.3 is 14.9 Å². The Morgan fingerprint density at radius 1 is 1.09 bits per heavy atom. The number of methoxy groups -OCH3 is 1. The van der Waals surface area contributed by atoms with E-state index in [1.165, 1.54) is 29.8 Å². The van der Waals surface area contributed by atoms with Crippen LogP contribution in [-0.2, 0) is 24.4 Å². The van der Waals surface area contributed by atoms with E-state index in [9.17, 15) is 18.0 Å². The van der Waals surface area contributed by atoms with Crippen LogP contribution in [0.3, 0.4) is 0 Å². The van der Waals surface area contributed by atoms with E-state index < -0.39 is 21.9 Å². The van der Waals surface area contributed by atoms with Gasteiger partial charge in [0.05, 0.1) is 23.8 Å². The van der Waals surface area contributed by atoms with Gasteiger partial charge in [0, 0.05) is 18.8 Å². The first-order valence-corrected chi connectivity index (χ1v) is 11.6. The number of carbonyl (C=O) groups is 2. The van der Waals surface area contributed by atoms with Crippen molar-refractivity contribution in [2.24, 2.45) is 5.16 Å². The average Bonchev–Trinajstić information content (AvgIpc) is 2.82. The summed E-state index contributed by atoms with van der Waals surface area (Å²) < 4.78 is 31.7. The molecular formula is C22H25N3O6S. The Kier molecular flexibility index (Phi) is 7.96. The fourth-order valence-electron chi connectivity index (χ4n) is 3.20. The van der Waals surface area contributed by atoms with Crippen LogP contribution in [-0.4, -0.2) is 57.6 Å². The van der Waals surface area contributed by atoms with Crippen LogP contribution in [0.5, 0.6) is 0 Å². The van der Waals surface area contributed by atoms with Gasteiger partial charge in [-0.15, -0.1) is 0 Å². The van der Waals surface area contributed by atoms with Crippen molar-refractivity contribution in [3.05, 3.63) is 59.7 Å². The number of sulfonamides is 1. The molecule has 0 saturated carbocycles. The summed E-state index contributed by atoms with van der Waals surface area (Å²) in [6, 6.07) is 12.7. The van der Waals surface area contributed by atoms with E-state index in [1.54, 1.807) is 36.4 Å². The third-order valence-electron chi connectivity index (χ3n) is 4.87. The molecule has 1 N–H and O–H groups in total. The van der Waals surface area contributed by atoms with Crippen LogP contribution in [0.2, 0.25) is 0 Å². The summed E-state index contributed by atoms with van der Waals surface area (Å²) in [6.07, 6.45) is 4.13. The van der Waals surface area contributed by atoms with Gasteiger partial charge in [-0.1, -0.05) is 29.8 Å². The fourth-order valence-corrected chi connectivity index (χ4v) is 4.77. The number of nitrogens with zero attached hydrogens (tertiary/aromatic N) is 2. The predicted octanol–water partition coefficient (Wildman–Crippen LogP) is 2.64. The lowest BCUT2D eigenvalue weighted by Gasteiger charge is -2.26. The van der Waals surface area contributed by atoms with Crippen molar-refractivity contribution in [3.8, 4) is 0 Å². The van der Waals surface area contributed by atoms with Crippen molar-refractivity contribution in [3.63, 3.8) is 0 Å². The number of ether oxygens (including phenoxy) is 1. The summed E-state index contributed by atoms with van der Waals surface area (Å²) in [7, 11) is -2.28. The molecule has 1 fully saturated rings. The molecule has 1 saturated heterocycles. The second kappa shape index (κ2) is 10.9. The fraction of sp³-hybridized carbons (Fsp3) is 0.318. The summed E-state index contributed by atoms with van der Waals surface area (Å²) in [5.41, 5.74) is 1.45. The molecule has 9 nitrogen and oxygen atoms in total. The number of nitrogens with one attached hydrogen (secondary N) is 1. The molecule has 1 heterocycles. The van der Waals surface area contributed by atoms with Gasteiger partial charge >= 0.3 is 5.97 Å². The number of hydrogen-bond acceptors (Lipinski definition) is 7. The highest BCUT2D eigenvalue weighted by atomic mass is 32.2. The zero-order valence-electron chi connectivity index (χ0n) is 17.7. The second-order valence-corrected chi connectivity index (χ2v) is 9.10. The topological polar surface area (TPSA) is 114 Å². The highest BCUT2D eigenvalue weighted by Crippen LogP contribution is 2.22. The summed E-state index contributed by atoms with van der Waals surface area (Å²) in [5, 5.41) is 6.34. The molecule has 0 unspecified atom stereocenters. The normalized spacial score (nSPS) is 14.8. The summed E-state index contributed by atoms with van der Waals surface area (Å²) in [6.45, 7) is 0.673. The van der Waals surface area contributed by atoms with Gasteiger partial charge in [0.1, 0.15) is 0 Å². The maximum absolute atomic E-state index is 12.8. The number of piperidine rings is 1. The van der Waals surface area contributed by atoms with Crippen LogP contribution in [0.4, 0.5) is 5.69 Å². The minimum absolute atomic E-state index is 0.145. The van der Waals surface area contributed by atoms with E-state index in [-0.39, 0.29) is 11.5 Å². The minimum atomic E-state index is -3.58. The van der Waals surface area contributed by atoms with Crippen molar-refractivity contribution >= 4 is 33.8 Å². The monoisotopic (exact) mass is 459 g/mol. The quantitative estimate of drug-likeness (QED) is 0.369. The van der Waals surface area contributed by atoms with Crippen LogP contribution in [0.15, 0.2) is 58.6 Å². The number of benzene rings is 2. The first kappa shape index (κ1) is 23.4. The Hall–Kier alpha value is -3.24. The summed E-state index contributed by atoms with van der Waals surface area (Å²) in [4.78, 5) is 28.7. The molecule has 0 radical (unpaired) electrons. The van der Waals surface area contributed by atoms with E-state index in [4.69, 9.17) is 4.84 Å². The molecule has 0 aromatic heterocycles. The van der Waals surface area contributed by atoms with Crippen molar-refractivity contribution in [1.29, 1.82) is 0 Å². The summed E-state index contributed by atoms with van der Waals surface area (Å²) in [5.74, 6) is -0.912. The van der Waals surface area contributed by atoms with E-state index in [1.807, 2.05) is 0 Å². The maximum atomic E-state index is 12.8. The van der Waals surface area contributed by atoms with Crippen LogP contribution < -0.4 is 5.32 Å². The van der Waals surface area contributed by atoms with Crippen LogP contribution >= 0.6 is 0 Å². The van der Waals surface area contributed by atoms with Gasteiger partial charge in [0.25, 0.3) is 5.91 Å². The van der Waals surface area contributed by atoms with Gasteiger partial charge in [0.2, 0.25) is 10.0 Å². The molecule has 3 rings (SSSR count). The Balaban J connectivity index is 1.52.